The monoisotopic (exact) mass is 1760 g/mol. The van der Waals surface area contributed by atoms with E-state index in [-0.39, 0.29) is 72.5 Å². The second kappa shape index (κ2) is 36.3. The lowest BCUT2D eigenvalue weighted by atomic mass is 9.80. The van der Waals surface area contributed by atoms with Crippen molar-refractivity contribution in [3.63, 3.8) is 0 Å². The van der Waals surface area contributed by atoms with Crippen LogP contribution in [0.1, 0.15) is 85.3 Å². The fraction of sp³-hybridized carbons (Fsp3) is 0.325. The SMILES string of the molecule is COc1ccc(C(OC[C@H]2O[C@@H](n3cnc4c(N)ncnc43)C[C@H]2OP(=O)(OC[C@H]2O[C@@H](n3cc(C)c(=O)[nH]c3=O)C[C@H]2OP(=O)(OC[C@H]2O[C@@H](n3cnc4c(=O)[nH]c(N)nc43)C[C@H]2OP(=O)(OC[C@H]2O[C@@H](n3cc(C)c(=O)[nH]c3=O)C[C@H]2C)Sc2ccccc2)Sc2ccccc2)Sc2ccccc2)(c2ccccc2)c2ccc(OC)cc2)cc1. The van der Waals surface area contributed by atoms with E-state index in [1.165, 1.54) is 47.4 Å². The molecule has 12 aromatic rings. The number of ether oxygens (including phenoxy) is 7. The first kappa shape index (κ1) is 84.7. The highest BCUT2D eigenvalue weighted by atomic mass is 32.7. The van der Waals surface area contributed by atoms with E-state index in [0.717, 1.165) is 32.9 Å². The Labute approximate surface area is 701 Å². The van der Waals surface area contributed by atoms with Crippen LogP contribution in [0.25, 0.3) is 22.3 Å². The Hall–Kier alpha value is -9.92. The van der Waals surface area contributed by atoms with Crippen molar-refractivity contribution in [2.24, 2.45) is 5.92 Å². The number of benzene rings is 6. The van der Waals surface area contributed by atoms with Gasteiger partial charge >= 0.3 is 31.8 Å². The molecule has 4 aliphatic rings. The zero-order chi connectivity index (χ0) is 84.3. The summed E-state index contributed by atoms with van der Waals surface area (Å²) in [4.78, 5) is 96.3. The van der Waals surface area contributed by atoms with Crippen LogP contribution < -0.4 is 49.0 Å². The van der Waals surface area contributed by atoms with Gasteiger partial charge in [0, 0.05) is 57.5 Å². The van der Waals surface area contributed by atoms with E-state index in [1.54, 1.807) is 117 Å². The number of anilines is 2. The number of aromatic nitrogens is 12. The molecule has 4 saturated heterocycles. The molecule has 3 unspecified atom stereocenters. The zero-order valence-electron chi connectivity index (χ0n) is 65.5. The molecule has 15 atom stereocenters. The lowest BCUT2D eigenvalue weighted by molar-refractivity contribution is -0.0915. The predicted molar refractivity (Wildman–Crippen MR) is 448 cm³/mol. The molecular formula is C80H83N14O21P3S3. The molecule has 4 aliphatic heterocycles. The van der Waals surface area contributed by atoms with Gasteiger partial charge in [0.15, 0.2) is 22.6 Å². The van der Waals surface area contributed by atoms with Gasteiger partial charge in [0.05, 0.1) is 59.4 Å². The van der Waals surface area contributed by atoms with Crippen LogP contribution >= 0.6 is 54.5 Å². The van der Waals surface area contributed by atoms with Crippen LogP contribution in [-0.2, 0) is 70.1 Å². The van der Waals surface area contributed by atoms with Crippen LogP contribution in [-0.4, -0.2) is 142 Å². The standard InChI is InChI=1S/C80H83N14O21P3S3/c1-47-34-65(91-38-48(2)74(95)89-78(91)98)109-61(47)41-106-116(100,119-55-20-12-7-13-21-55)115-60-37-68(94-46-86-70-73(94)87-77(82)88-76(70)97)112-64(60)43-108-118(102,121-57-24-16-9-17-25-57)114-59-35-66(92-39-49(3)75(96)90-79(92)99)111-63(59)42-107-117(101,120-56-22-14-8-15-23-56)113-58-36-67(93-45-85-69-71(81)83-44-84-72(69)93)110-62(58)40-105-80(50-18-10-6-11-19-50,51-26-30-53(103-4)31-27-51)52-28-32-54(104-5)33-29-52/h6-33,38-39,44-47,58-68H,34-37,40-43H2,1-5H3,(H2,81,83,84)(H,89,95,98)(H,90,96,99)(H3,82,87,88,97)/t47-,58-,59-,60-,61-,62-,63-,64-,65-,66-,67-,68-,116?,117?,118?/m1/s1. The van der Waals surface area contributed by atoms with Crippen molar-refractivity contribution in [3.05, 3.63) is 281 Å². The highest BCUT2D eigenvalue weighted by molar-refractivity contribution is 8.55. The van der Waals surface area contributed by atoms with Crippen molar-refractivity contribution in [1.29, 1.82) is 0 Å². The Bertz CT molecular complexity index is 6120. The van der Waals surface area contributed by atoms with E-state index in [1.807, 2.05) is 85.8 Å². The van der Waals surface area contributed by atoms with Crippen LogP contribution in [0.4, 0.5) is 11.8 Å². The minimum atomic E-state index is -4.80. The smallest absolute Gasteiger partial charge is 0.394 e. The van der Waals surface area contributed by atoms with Gasteiger partial charge in [-0.05, 0) is 138 Å². The molecule has 0 aliphatic carbocycles. The number of nitrogens with one attached hydrogen (secondary N) is 3. The van der Waals surface area contributed by atoms with E-state index in [4.69, 9.17) is 71.8 Å². The van der Waals surface area contributed by atoms with Crippen molar-refractivity contribution in [3.8, 4) is 11.5 Å². The summed E-state index contributed by atoms with van der Waals surface area (Å²) in [7, 11) is 3.16. The predicted octanol–water partition coefficient (Wildman–Crippen LogP) is 12.6. The zero-order valence-corrected chi connectivity index (χ0v) is 70.6. The van der Waals surface area contributed by atoms with Gasteiger partial charge in [0.1, 0.15) is 90.5 Å². The summed E-state index contributed by atoms with van der Waals surface area (Å²) in [5, 5.41) is 0. The fourth-order valence-electron chi connectivity index (χ4n) is 14.8. The first-order valence-electron chi connectivity index (χ1n) is 38.3. The van der Waals surface area contributed by atoms with Gasteiger partial charge in [-0.3, -0.25) is 74.7 Å². The number of imidazole rings is 2. The minimum absolute atomic E-state index is 0.0192. The maximum absolute atomic E-state index is 16.7. The summed E-state index contributed by atoms with van der Waals surface area (Å²) >= 11 is 2.29. The summed E-state index contributed by atoms with van der Waals surface area (Å²) in [6, 6.07) is 50.5. The number of fused-ring (bicyclic) bond motifs is 2. The minimum Gasteiger partial charge on any atom is -0.497 e. The Kier molecular flexibility index (Phi) is 25.4. The molecule has 121 heavy (non-hydrogen) atoms. The van der Waals surface area contributed by atoms with Gasteiger partial charge < -0.3 is 44.6 Å². The molecule has 4 fully saturated rings. The molecule has 7 N–H and O–H groups in total. The van der Waals surface area contributed by atoms with Gasteiger partial charge in [0.2, 0.25) is 5.95 Å². The number of methoxy groups -OCH3 is 2. The Morgan fingerprint density at radius 3 is 1.30 bits per heavy atom. The molecule has 0 amide bonds. The molecule has 41 heteroatoms. The van der Waals surface area contributed by atoms with E-state index >= 15 is 13.7 Å². The third kappa shape index (κ3) is 18.7. The highest BCUT2D eigenvalue weighted by Gasteiger charge is 2.51. The van der Waals surface area contributed by atoms with Crippen LogP contribution in [0.2, 0.25) is 0 Å². The molecule has 16 rings (SSSR count). The number of nitrogens with two attached hydrogens (primary N) is 2. The van der Waals surface area contributed by atoms with Gasteiger partial charge in [-0.1, -0.05) is 116 Å². The highest BCUT2D eigenvalue weighted by Crippen LogP contribution is 2.69. The molecule has 0 spiro atoms. The molecule has 0 bridgehead atoms. The van der Waals surface area contributed by atoms with Crippen LogP contribution in [0.3, 0.4) is 0 Å². The lowest BCUT2D eigenvalue weighted by Crippen LogP contribution is -2.38. The number of H-pyrrole nitrogens is 3. The maximum atomic E-state index is 16.7. The second-order valence-electron chi connectivity index (χ2n) is 28.9. The van der Waals surface area contributed by atoms with Crippen molar-refractivity contribution in [2.75, 3.05) is 52.1 Å². The third-order valence-electron chi connectivity index (χ3n) is 21.0. The Morgan fingerprint density at radius 1 is 0.455 bits per heavy atom. The summed E-state index contributed by atoms with van der Waals surface area (Å²) in [5.74, 6) is 0.793. The Morgan fingerprint density at radius 2 is 0.843 bits per heavy atom. The van der Waals surface area contributed by atoms with Crippen molar-refractivity contribution in [1.82, 2.24) is 58.1 Å². The topological polar surface area (TPSA) is 440 Å². The van der Waals surface area contributed by atoms with Gasteiger partial charge in [0.25, 0.3) is 16.7 Å². The molecule has 6 aromatic carbocycles. The van der Waals surface area contributed by atoms with E-state index in [2.05, 4.69) is 39.9 Å². The summed E-state index contributed by atoms with van der Waals surface area (Å²) < 4.78 is 141. The number of aromatic amines is 3. The first-order valence-corrected chi connectivity index (χ1v) is 47.2. The molecule has 0 radical (unpaired) electrons. The maximum Gasteiger partial charge on any atom is 0.394 e. The largest absolute Gasteiger partial charge is 0.497 e. The van der Waals surface area contributed by atoms with Gasteiger partial charge in [-0.15, -0.1) is 0 Å². The fourth-order valence-corrected chi connectivity index (χ4v) is 25.4. The molecular weight excluding hydrogens is 1680 g/mol. The van der Waals surface area contributed by atoms with Gasteiger partial charge in [-0.2, -0.15) is 4.98 Å². The number of hydrogen-bond donors (Lipinski definition) is 5. The summed E-state index contributed by atoms with van der Waals surface area (Å²) in [5.41, 5.74) is 10.8. The normalized spacial score (nSPS) is 23.3. The quantitative estimate of drug-likeness (QED) is 0.0188. The lowest BCUT2D eigenvalue weighted by Gasteiger charge is -2.37. The second-order valence-corrected chi connectivity index (χ2v) is 40.7. The molecule has 35 nitrogen and oxygen atoms in total. The average Bonchev–Trinajstić information content (AvgIpc) is 1.26. The van der Waals surface area contributed by atoms with Crippen molar-refractivity contribution < 1.29 is 74.0 Å². The van der Waals surface area contributed by atoms with Crippen LogP contribution in [0.15, 0.2) is 240 Å². The third-order valence-corrected chi connectivity index (χ3v) is 31.7. The molecule has 632 valence electrons. The summed E-state index contributed by atoms with van der Waals surface area (Å²) in [6.07, 6.45) is -5.94. The number of nitrogen functional groups attached to an aromatic ring is 2. The first-order chi connectivity index (χ1) is 58.4. The van der Waals surface area contributed by atoms with E-state index in [9.17, 15) is 24.0 Å². The molecule has 10 heterocycles. The van der Waals surface area contributed by atoms with Crippen molar-refractivity contribution in [2.45, 2.75) is 134 Å². The van der Waals surface area contributed by atoms with E-state index in [0.29, 0.717) is 66.3 Å². The van der Waals surface area contributed by atoms with Crippen molar-refractivity contribution >= 4 is 88.6 Å². The van der Waals surface area contributed by atoms with Crippen LogP contribution in [0.5, 0.6) is 11.5 Å². The number of aryl methyl sites for hydroxylation is 2. The van der Waals surface area contributed by atoms with Crippen LogP contribution in [0, 0.1) is 19.8 Å². The number of hydrogen-bond acceptors (Lipinski definition) is 31. The average molecular weight is 1770 g/mol. The number of nitrogens with zero attached hydrogens (tertiary/aromatic N) is 9. The molecule has 0 saturated carbocycles. The number of rotatable bonds is 33. The Balaban J connectivity index is 0.733. The molecule has 6 aromatic heterocycles. The van der Waals surface area contributed by atoms with E-state index < -0.39 is 135 Å². The van der Waals surface area contributed by atoms with Gasteiger partial charge in [-0.25, -0.2) is 43.2 Å². The summed E-state index contributed by atoms with van der Waals surface area (Å²) in [6.45, 7) is -10.9.